The highest BCUT2D eigenvalue weighted by Gasteiger charge is 2.09. The summed E-state index contributed by atoms with van der Waals surface area (Å²) in [5.74, 6) is -0.319. The van der Waals surface area contributed by atoms with E-state index in [2.05, 4.69) is 11.9 Å². The van der Waals surface area contributed by atoms with Crippen molar-refractivity contribution in [3.05, 3.63) is 46.8 Å². The van der Waals surface area contributed by atoms with E-state index in [1.54, 1.807) is 6.07 Å². The molecule has 0 bridgehead atoms. The lowest BCUT2D eigenvalue weighted by Crippen LogP contribution is -2.23. The molecule has 0 saturated carbocycles. The molecule has 1 atom stereocenters. The average Bonchev–Trinajstić information content (AvgIpc) is 2.27. The molecule has 100 valence electrons. The third-order valence-corrected chi connectivity index (χ3v) is 2.80. The summed E-state index contributed by atoms with van der Waals surface area (Å²) in [6.45, 7) is 9.56. The highest BCUT2D eigenvalue weighted by molar-refractivity contribution is 6.31. The van der Waals surface area contributed by atoms with Gasteiger partial charge in [0.05, 0.1) is 13.2 Å². The maximum Gasteiger partial charge on any atom is 0.124 e. The summed E-state index contributed by atoms with van der Waals surface area (Å²) < 4.78 is 18.3. The van der Waals surface area contributed by atoms with Crippen LogP contribution in [0.15, 0.2) is 30.4 Å². The zero-order valence-electron chi connectivity index (χ0n) is 10.8. The maximum absolute atomic E-state index is 12.9. The monoisotopic (exact) mass is 271 g/mol. The van der Waals surface area contributed by atoms with Crippen LogP contribution in [0.1, 0.15) is 25.5 Å². The molecule has 0 heterocycles. The lowest BCUT2D eigenvalue weighted by atomic mass is 10.1. The van der Waals surface area contributed by atoms with Crippen LogP contribution in [-0.2, 0) is 4.74 Å². The van der Waals surface area contributed by atoms with E-state index in [1.165, 1.54) is 12.1 Å². The minimum Gasteiger partial charge on any atom is -0.376 e. The minimum atomic E-state index is -0.319. The van der Waals surface area contributed by atoms with E-state index in [1.807, 2.05) is 13.8 Å². The van der Waals surface area contributed by atoms with Crippen molar-refractivity contribution in [1.29, 1.82) is 0 Å². The van der Waals surface area contributed by atoms with Gasteiger partial charge in [-0.05, 0) is 31.5 Å². The first kappa shape index (κ1) is 15.2. The van der Waals surface area contributed by atoms with E-state index in [0.717, 1.165) is 11.1 Å². The number of hydrogen-bond acceptors (Lipinski definition) is 2. The Morgan fingerprint density at radius 1 is 1.56 bits per heavy atom. The van der Waals surface area contributed by atoms with Crippen LogP contribution in [0.25, 0.3) is 0 Å². The van der Waals surface area contributed by atoms with Gasteiger partial charge in [-0.25, -0.2) is 4.39 Å². The minimum absolute atomic E-state index is 0.0616. The molecule has 18 heavy (non-hydrogen) atoms. The number of ether oxygens (including phenoxy) is 1. The van der Waals surface area contributed by atoms with Gasteiger partial charge in [0.2, 0.25) is 0 Å². The molecule has 0 radical (unpaired) electrons. The fourth-order valence-electron chi connectivity index (χ4n) is 1.56. The summed E-state index contributed by atoms with van der Waals surface area (Å²) in [6, 6.07) is 4.50. The number of nitrogens with one attached hydrogen (secondary N) is 1. The number of halogens is 2. The molecule has 0 aliphatic rings. The second kappa shape index (κ2) is 7.52. The van der Waals surface area contributed by atoms with Crippen LogP contribution in [0.2, 0.25) is 5.02 Å². The Bertz CT molecular complexity index is 409. The van der Waals surface area contributed by atoms with Gasteiger partial charge >= 0.3 is 0 Å². The van der Waals surface area contributed by atoms with Crippen molar-refractivity contribution in [2.75, 3.05) is 19.8 Å². The van der Waals surface area contributed by atoms with Crippen molar-refractivity contribution in [2.24, 2.45) is 0 Å². The summed E-state index contributed by atoms with van der Waals surface area (Å²) in [4.78, 5) is 0. The highest BCUT2D eigenvalue weighted by atomic mass is 35.5. The molecule has 2 nitrogen and oxygen atoms in total. The predicted molar refractivity (Wildman–Crippen MR) is 73.5 cm³/mol. The van der Waals surface area contributed by atoms with E-state index < -0.39 is 0 Å². The summed E-state index contributed by atoms with van der Waals surface area (Å²) in [7, 11) is 0. The van der Waals surface area contributed by atoms with Crippen LogP contribution in [0.3, 0.4) is 0 Å². The number of rotatable bonds is 7. The molecule has 1 aromatic carbocycles. The number of benzene rings is 1. The van der Waals surface area contributed by atoms with Crippen LogP contribution in [0.5, 0.6) is 0 Å². The molecular weight excluding hydrogens is 253 g/mol. The average molecular weight is 272 g/mol. The molecule has 4 heteroatoms. The smallest absolute Gasteiger partial charge is 0.124 e. The Kier molecular flexibility index (Phi) is 6.33. The zero-order chi connectivity index (χ0) is 13.5. The molecule has 0 aromatic heterocycles. The van der Waals surface area contributed by atoms with Gasteiger partial charge in [0, 0.05) is 17.6 Å². The van der Waals surface area contributed by atoms with Gasteiger partial charge in [-0.2, -0.15) is 0 Å². The fourth-order valence-corrected chi connectivity index (χ4v) is 1.89. The van der Waals surface area contributed by atoms with Crippen LogP contribution in [-0.4, -0.2) is 19.8 Å². The summed E-state index contributed by atoms with van der Waals surface area (Å²) in [5.41, 5.74) is 1.89. The zero-order valence-corrected chi connectivity index (χ0v) is 11.6. The van der Waals surface area contributed by atoms with Gasteiger partial charge in [-0.3, -0.25) is 0 Å². The summed E-state index contributed by atoms with van der Waals surface area (Å²) >= 11 is 5.98. The quantitative estimate of drug-likeness (QED) is 0.603. The molecule has 0 fully saturated rings. The lowest BCUT2D eigenvalue weighted by molar-refractivity contribution is 0.156. The van der Waals surface area contributed by atoms with Gasteiger partial charge in [-0.1, -0.05) is 29.8 Å². The molecule has 0 aliphatic carbocycles. The van der Waals surface area contributed by atoms with Crippen LogP contribution < -0.4 is 5.32 Å². The Labute approximate surface area is 113 Å². The topological polar surface area (TPSA) is 21.3 Å². The first-order chi connectivity index (χ1) is 8.50. The Morgan fingerprint density at radius 3 is 2.89 bits per heavy atom. The molecule has 1 N–H and O–H groups in total. The Balaban J connectivity index is 2.36. The van der Waals surface area contributed by atoms with Crippen molar-refractivity contribution in [3.63, 3.8) is 0 Å². The van der Waals surface area contributed by atoms with E-state index in [-0.39, 0.29) is 11.9 Å². The van der Waals surface area contributed by atoms with Gasteiger partial charge in [0.15, 0.2) is 0 Å². The number of hydrogen-bond donors (Lipinski definition) is 1. The van der Waals surface area contributed by atoms with Crippen LogP contribution >= 0.6 is 11.6 Å². The Hall–Kier alpha value is -0.900. The fraction of sp³-hybridized carbons (Fsp3) is 0.429. The summed E-state index contributed by atoms with van der Waals surface area (Å²) in [6.07, 6.45) is 0. The van der Waals surface area contributed by atoms with Crippen molar-refractivity contribution < 1.29 is 9.13 Å². The third kappa shape index (κ3) is 5.17. The SMILES string of the molecule is C=C(C)COCCNC(C)c1ccc(F)cc1Cl. The van der Waals surface area contributed by atoms with Crippen molar-refractivity contribution in [3.8, 4) is 0 Å². The Morgan fingerprint density at radius 2 is 2.28 bits per heavy atom. The molecule has 0 aliphatic heterocycles. The van der Waals surface area contributed by atoms with Crippen LogP contribution in [0, 0.1) is 5.82 Å². The molecule has 1 aromatic rings. The standard InChI is InChI=1S/C14H19ClFNO/c1-10(2)9-18-7-6-17-11(3)13-5-4-12(16)8-14(13)15/h4-5,8,11,17H,1,6-7,9H2,2-3H3. The third-order valence-electron chi connectivity index (χ3n) is 2.47. The van der Waals surface area contributed by atoms with Gasteiger partial charge in [0.25, 0.3) is 0 Å². The maximum atomic E-state index is 12.9. The predicted octanol–water partition coefficient (Wildman–Crippen LogP) is 3.72. The van der Waals surface area contributed by atoms with Crippen LogP contribution in [0.4, 0.5) is 4.39 Å². The van der Waals surface area contributed by atoms with E-state index >= 15 is 0 Å². The molecule has 0 saturated heterocycles. The van der Waals surface area contributed by atoms with E-state index in [4.69, 9.17) is 16.3 Å². The van der Waals surface area contributed by atoms with Gasteiger partial charge in [-0.15, -0.1) is 0 Å². The van der Waals surface area contributed by atoms with E-state index in [9.17, 15) is 4.39 Å². The molecule has 1 rings (SSSR count). The largest absolute Gasteiger partial charge is 0.376 e. The molecular formula is C14H19ClFNO. The lowest BCUT2D eigenvalue weighted by Gasteiger charge is -2.15. The van der Waals surface area contributed by atoms with Crippen molar-refractivity contribution >= 4 is 11.6 Å². The normalized spacial score (nSPS) is 12.4. The highest BCUT2D eigenvalue weighted by Crippen LogP contribution is 2.23. The van der Waals surface area contributed by atoms with Crippen molar-refractivity contribution in [1.82, 2.24) is 5.32 Å². The second-order valence-corrected chi connectivity index (χ2v) is 4.76. The van der Waals surface area contributed by atoms with Crippen molar-refractivity contribution in [2.45, 2.75) is 19.9 Å². The first-order valence-electron chi connectivity index (χ1n) is 5.91. The molecule has 0 spiro atoms. The molecule has 0 amide bonds. The molecule has 1 unspecified atom stereocenters. The first-order valence-corrected chi connectivity index (χ1v) is 6.29. The van der Waals surface area contributed by atoms with Gasteiger partial charge < -0.3 is 10.1 Å². The van der Waals surface area contributed by atoms with Gasteiger partial charge in [0.1, 0.15) is 5.82 Å². The van der Waals surface area contributed by atoms with E-state index in [0.29, 0.717) is 24.8 Å². The summed E-state index contributed by atoms with van der Waals surface area (Å²) in [5, 5.41) is 3.71. The second-order valence-electron chi connectivity index (χ2n) is 4.35.